The predicted molar refractivity (Wildman–Crippen MR) is 116 cm³/mol. The summed E-state index contributed by atoms with van der Waals surface area (Å²) < 4.78 is 2.41. The molecule has 0 atom stereocenters. The van der Waals surface area contributed by atoms with E-state index >= 15 is 0 Å². The van der Waals surface area contributed by atoms with Crippen molar-refractivity contribution in [3.8, 4) is 0 Å². The molecule has 1 heteroatoms. The summed E-state index contributed by atoms with van der Waals surface area (Å²) in [5, 5.41) is 0. The minimum atomic E-state index is 1.19. The first-order valence-corrected chi connectivity index (χ1v) is 11.8. The van der Waals surface area contributed by atoms with E-state index in [-0.39, 0.29) is 0 Å². The molecular formula is C25H46N+. The van der Waals surface area contributed by atoms with Crippen molar-refractivity contribution in [1.29, 1.82) is 0 Å². The fourth-order valence-corrected chi connectivity index (χ4v) is 3.75. The van der Waals surface area contributed by atoms with Crippen LogP contribution in [0.3, 0.4) is 0 Å². The number of hydrogen-bond donors (Lipinski definition) is 0. The third-order valence-electron chi connectivity index (χ3n) is 5.51. The van der Waals surface area contributed by atoms with Crippen molar-refractivity contribution < 1.29 is 4.57 Å². The highest BCUT2D eigenvalue weighted by atomic mass is 14.9. The van der Waals surface area contributed by atoms with E-state index in [2.05, 4.69) is 42.9 Å². The number of pyridine rings is 1. The Morgan fingerprint density at radius 3 is 1.69 bits per heavy atom. The van der Waals surface area contributed by atoms with Crippen LogP contribution in [-0.4, -0.2) is 0 Å². The van der Waals surface area contributed by atoms with Gasteiger partial charge in [0, 0.05) is 18.1 Å². The van der Waals surface area contributed by atoms with E-state index in [0.717, 1.165) is 0 Å². The number of rotatable bonds is 18. The molecule has 0 aliphatic rings. The number of unbranched alkanes of at least 4 members (excludes halogenated alkanes) is 14. The molecule has 150 valence electrons. The van der Waals surface area contributed by atoms with Crippen LogP contribution in [0.5, 0.6) is 0 Å². The van der Waals surface area contributed by atoms with Gasteiger partial charge in [-0.15, -0.1) is 0 Å². The third kappa shape index (κ3) is 13.4. The smallest absolute Gasteiger partial charge is 0.171 e. The largest absolute Gasteiger partial charge is 0.205 e. The fourth-order valence-electron chi connectivity index (χ4n) is 3.75. The SMILES string of the molecule is CCCCCCCCCCc1ccc[n+](CCCCCCCCCC)c1. The van der Waals surface area contributed by atoms with E-state index in [1.165, 1.54) is 121 Å². The first kappa shape index (κ1) is 23.2. The summed E-state index contributed by atoms with van der Waals surface area (Å²) in [6.45, 7) is 5.78. The van der Waals surface area contributed by atoms with E-state index in [1.807, 2.05) is 0 Å². The van der Waals surface area contributed by atoms with Gasteiger partial charge in [0.2, 0.25) is 0 Å². The van der Waals surface area contributed by atoms with Crippen molar-refractivity contribution in [2.24, 2.45) is 0 Å². The van der Waals surface area contributed by atoms with E-state index in [9.17, 15) is 0 Å². The van der Waals surface area contributed by atoms with Crippen LogP contribution in [0.4, 0.5) is 0 Å². The van der Waals surface area contributed by atoms with Crippen LogP contribution in [0.2, 0.25) is 0 Å². The van der Waals surface area contributed by atoms with Gasteiger partial charge in [-0.1, -0.05) is 97.3 Å². The molecule has 0 aliphatic carbocycles. The fraction of sp³-hybridized carbons (Fsp3) is 0.800. The molecule has 0 aromatic carbocycles. The lowest BCUT2D eigenvalue weighted by Gasteiger charge is -2.03. The van der Waals surface area contributed by atoms with Gasteiger partial charge in [-0.25, -0.2) is 4.57 Å². The summed E-state index contributed by atoms with van der Waals surface area (Å²) in [6.07, 6.45) is 28.4. The summed E-state index contributed by atoms with van der Waals surface area (Å²) in [5.41, 5.74) is 1.53. The highest BCUT2D eigenvalue weighted by molar-refractivity contribution is 5.05. The van der Waals surface area contributed by atoms with Gasteiger partial charge in [-0.05, 0) is 25.3 Å². The van der Waals surface area contributed by atoms with Crippen molar-refractivity contribution in [2.45, 2.75) is 130 Å². The lowest BCUT2D eigenvalue weighted by atomic mass is 10.0. The van der Waals surface area contributed by atoms with E-state index in [1.54, 1.807) is 0 Å². The highest BCUT2D eigenvalue weighted by Gasteiger charge is 2.03. The second-order valence-corrected chi connectivity index (χ2v) is 8.15. The van der Waals surface area contributed by atoms with E-state index in [0.29, 0.717) is 0 Å². The first-order valence-electron chi connectivity index (χ1n) is 11.8. The molecule has 1 aromatic rings. The maximum atomic E-state index is 2.41. The Morgan fingerprint density at radius 1 is 0.615 bits per heavy atom. The second-order valence-electron chi connectivity index (χ2n) is 8.15. The average molecular weight is 361 g/mol. The molecule has 0 unspecified atom stereocenters. The molecule has 0 spiro atoms. The summed E-state index contributed by atoms with van der Waals surface area (Å²) >= 11 is 0. The van der Waals surface area contributed by atoms with E-state index in [4.69, 9.17) is 0 Å². The van der Waals surface area contributed by atoms with Crippen molar-refractivity contribution in [3.63, 3.8) is 0 Å². The van der Waals surface area contributed by atoms with Gasteiger partial charge in [0.1, 0.15) is 6.54 Å². The van der Waals surface area contributed by atoms with E-state index < -0.39 is 0 Å². The average Bonchev–Trinajstić information content (AvgIpc) is 2.66. The molecule has 1 rings (SSSR count). The molecule has 0 amide bonds. The third-order valence-corrected chi connectivity index (χ3v) is 5.51. The normalized spacial score (nSPS) is 11.2. The molecule has 0 N–H and O–H groups in total. The van der Waals surface area contributed by atoms with Crippen LogP contribution in [0.1, 0.15) is 122 Å². The van der Waals surface area contributed by atoms with Gasteiger partial charge in [-0.3, -0.25) is 0 Å². The van der Waals surface area contributed by atoms with Crippen molar-refractivity contribution in [2.75, 3.05) is 0 Å². The lowest BCUT2D eigenvalue weighted by Crippen LogP contribution is -2.33. The first-order chi connectivity index (χ1) is 12.9. The molecule has 0 fully saturated rings. The van der Waals surface area contributed by atoms with Crippen LogP contribution in [0, 0.1) is 0 Å². The van der Waals surface area contributed by atoms with Crippen molar-refractivity contribution >= 4 is 0 Å². The maximum absolute atomic E-state index is 2.41. The Morgan fingerprint density at radius 2 is 1.12 bits per heavy atom. The Labute approximate surface area is 164 Å². The molecule has 0 aliphatic heterocycles. The van der Waals surface area contributed by atoms with Gasteiger partial charge in [-0.2, -0.15) is 0 Å². The number of aryl methyl sites for hydroxylation is 2. The van der Waals surface area contributed by atoms with Crippen molar-refractivity contribution in [1.82, 2.24) is 0 Å². The van der Waals surface area contributed by atoms with Crippen LogP contribution in [0.25, 0.3) is 0 Å². The van der Waals surface area contributed by atoms with Gasteiger partial charge in [0.15, 0.2) is 12.4 Å². The topological polar surface area (TPSA) is 3.88 Å². The van der Waals surface area contributed by atoms with Gasteiger partial charge < -0.3 is 0 Å². The van der Waals surface area contributed by atoms with Crippen LogP contribution in [-0.2, 0) is 13.0 Å². The maximum Gasteiger partial charge on any atom is 0.171 e. The van der Waals surface area contributed by atoms with Crippen molar-refractivity contribution in [3.05, 3.63) is 30.1 Å². The number of nitrogens with zero attached hydrogens (tertiary/aromatic N) is 1. The minimum Gasteiger partial charge on any atom is -0.205 e. The molecule has 1 aromatic heterocycles. The van der Waals surface area contributed by atoms with Gasteiger partial charge in [0.05, 0.1) is 0 Å². The molecule has 0 saturated heterocycles. The molecule has 1 heterocycles. The summed E-state index contributed by atoms with van der Waals surface area (Å²) in [5.74, 6) is 0. The number of aromatic nitrogens is 1. The molecule has 0 radical (unpaired) electrons. The number of hydrogen-bond acceptors (Lipinski definition) is 0. The molecule has 1 nitrogen and oxygen atoms in total. The Kier molecular flexibility index (Phi) is 15.7. The minimum absolute atomic E-state index is 1.19. The summed E-state index contributed by atoms with van der Waals surface area (Å²) in [4.78, 5) is 0. The molecular weight excluding hydrogens is 314 g/mol. The molecule has 26 heavy (non-hydrogen) atoms. The zero-order valence-electron chi connectivity index (χ0n) is 18.0. The Hall–Kier alpha value is -0.850. The summed E-state index contributed by atoms with van der Waals surface area (Å²) in [6, 6.07) is 4.55. The van der Waals surface area contributed by atoms with Gasteiger partial charge in [0.25, 0.3) is 0 Å². The standard InChI is InChI=1S/C25H46N/c1-3-5-7-9-11-13-15-17-20-25-21-19-23-26(24-25)22-18-16-14-12-10-8-6-4-2/h19,21,23-24H,3-18,20,22H2,1-2H3/q+1. The Balaban J connectivity index is 2.03. The van der Waals surface area contributed by atoms with Crippen LogP contribution < -0.4 is 4.57 Å². The summed E-state index contributed by atoms with van der Waals surface area (Å²) in [7, 11) is 0. The zero-order chi connectivity index (χ0) is 18.7. The zero-order valence-corrected chi connectivity index (χ0v) is 18.0. The second kappa shape index (κ2) is 17.6. The van der Waals surface area contributed by atoms with Gasteiger partial charge >= 0.3 is 0 Å². The van der Waals surface area contributed by atoms with Crippen LogP contribution >= 0.6 is 0 Å². The molecule has 0 bridgehead atoms. The Bertz CT molecular complexity index is 377. The molecule has 0 saturated carbocycles. The monoisotopic (exact) mass is 360 g/mol. The van der Waals surface area contributed by atoms with Crippen LogP contribution in [0.15, 0.2) is 24.5 Å². The predicted octanol–water partition coefficient (Wildman–Crippen LogP) is 7.80. The highest BCUT2D eigenvalue weighted by Crippen LogP contribution is 2.11. The lowest BCUT2D eigenvalue weighted by molar-refractivity contribution is -0.697. The quantitative estimate of drug-likeness (QED) is 0.186.